The van der Waals surface area contributed by atoms with E-state index in [1.54, 1.807) is 0 Å². The van der Waals surface area contributed by atoms with Crippen LogP contribution >= 0.6 is 0 Å². The van der Waals surface area contributed by atoms with Crippen LogP contribution in [0.1, 0.15) is 42.9 Å². The highest BCUT2D eigenvalue weighted by Gasteiger charge is 2.19. The van der Waals surface area contributed by atoms with Crippen molar-refractivity contribution in [3.05, 3.63) is 34.9 Å². The summed E-state index contributed by atoms with van der Waals surface area (Å²) >= 11 is 0. The lowest BCUT2D eigenvalue weighted by molar-refractivity contribution is 0.0606. The molecule has 1 aliphatic heterocycles. The molecule has 1 aromatic carbocycles. The topological polar surface area (TPSA) is 21.3 Å². The lowest BCUT2D eigenvalue weighted by Crippen LogP contribution is -2.34. The van der Waals surface area contributed by atoms with Crippen LogP contribution in [0.2, 0.25) is 0 Å². The summed E-state index contributed by atoms with van der Waals surface area (Å²) in [6.07, 6.45) is 4.89. The second-order valence-corrected chi connectivity index (χ2v) is 6.17. The van der Waals surface area contributed by atoms with Crippen molar-refractivity contribution in [3.63, 3.8) is 0 Å². The minimum atomic E-state index is 0.602. The van der Waals surface area contributed by atoms with Gasteiger partial charge in [-0.15, -0.1) is 0 Å². The molecule has 0 aliphatic carbocycles. The minimum absolute atomic E-state index is 0.602. The van der Waals surface area contributed by atoms with Crippen LogP contribution in [0.25, 0.3) is 0 Å². The van der Waals surface area contributed by atoms with Crippen LogP contribution in [0.5, 0.6) is 0 Å². The number of benzene rings is 1. The van der Waals surface area contributed by atoms with Gasteiger partial charge in [-0.05, 0) is 68.7 Å². The van der Waals surface area contributed by atoms with E-state index in [1.807, 2.05) is 0 Å². The lowest BCUT2D eigenvalue weighted by Gasteiger charge is -2.27. The van der Waals surface area contributed by atoms with Crippen molar-refractivity contribution >= 4 is 0 Å². The molecule has 1 N–H and O–H groups in total. The Morgan fingerprint density at radius 1 is 1.20 bits per heavy atom. The Bertz CT molecular complexity index is 410. The number of rotatable bonds is 6. The molecule has 2 heteroatoms. The number of likely N-dealkylation sites (N-methyl/N-ethyl adjacent to an activating group) is 1. The zero-order chi connectivity index (χ0) is 14.4. The summed E-state index contributed by atoms with van der Waals surface area (Å²) in [5, 5.41) is 3.67. The zero-order valence-electron chi connectivity index (χ0n) is 13.2. The number of hydrogen-bond acceptors (Lipinski definition) is 2. The molecule has 0 spiro atoms. The summed E-state index contributed by atoms with van der Waals surface area (Å²) in [6.45, 7) is 9.55. The highest BCUT2D eigenvalue weighted by atomic mass is 16.5. The highest BCUT2D eigenvalue weighted by molar-refractivity contribution is 5.30. The fourth-order valence-corrected chi connectivity index (χ4v) is 3.13. The Hall–Kier alpha value is -0.860. The summed E-state index contributed by atoms with van der Waals surface area (Å²) in [5.41, 5.74) is 4.26. The second kappa shape index (κ2) is 7.80. The largest absolute Gasteiger partial charge is 0.381 e. The molecule has 112 valence electrons. The Labute approximate surface area is 123 Å². The van der Waals surface area contributed by atoms with Crippen molar-refractivity contribution in [2.24, 2.45) is 5.92 Å². The SMILES string of the molecule is CCNC(Cc1ccc(C)c(C)c1)CC1CCOCC1. The van der Waals surface area contributed by atoms with Crippen molar-refractivity contribution in [3.8, 4) is 0 Å². The molecule has 0 bridgehead atoms. The van der Waals surface area contributed by atoms with Gasteiger partial charge in [-0.2, -0.15) is 0 Å². The first kappa shape index (κ1) is 15.5. The molecule has 1 fully saturated rings. The Morgan fingerprint density at radius 3 is 2.60 bits per heavy atom. The molecule has 0 saturated carbocycles. The Balaban J connectivity index is 1.94. The molecule has 0 amide bonds. The predicted molar refractivity (Wildman–Crippen MR) is 85.2 cm³/mol. The van der Waals surface area contributed by atoms with E-state index in [2.05, 4.69) is 44.3 Å². The smallest absolute Gasteiger partial charge is 0.0468 e. The van der Waals surface area contributed by atoms with Crippen molar-refractivity contribution in [2.75, 3.05) is 19.8 Å². The molecule has 0 radical (unpaired) electrons. The average Bonchev–Trinajstić information content (AvgIpc) is 2.44. The first-order valence-corrected chi connectivity index (χ1v) is 8.06. The van der Waals surface area contributed by atoms with Gasteiger partial charge in [-0.1, -0.05) is 25.1 Å². The van der Waals surface area contributed by atoms with Gasteiger partial charge in [0, 0.05) is 19.3 Å². The molecule has 1 unspecified atom stereocenters. The number of nitrogens with one attached hydrogen (secondary N) is 1. The van der Waals surface area contributed by atoms with Crippen LogP contribution in [0.4, 0.5) is 0 Å². The van der Waals surface area contributed by atoms with Gasteiger partial charge >= 0.3 is 0 Å². The Kier molecular flexibility index (Phi) is 6.06. The summed E-state index contributed by atoms with van der Waals surface area (Å²) in [7, 11) is 0. The molecule has 20 heavy (non-hydrogen) atoms. The van der Waals surface area contributed by atoms with Crippen molar-refractivity contribution in [2.45, 2.75) is 52.5 Å². The van der Waals surface area contributed by atoms with E-state index in [0.29, 0.717) is 6.04 Å². The first-order chi connectivity index (χ1) is 9.69. The second-order valence-electron chi connectivity index (χ2n) is 6.17. The molecule has 2 nitrogen and oxygen atoms in total. The van der Waals surface area contributed by atoms with Crippen molar-refractivity contribution < 1.29 is 4.74 Å². The summed E-state index contributed by atoms with van der Waals surface area (Å²) < 4.78 is 5.47. The maximum Gasteiger partial charge on any atom is 0.0468 e. The molecule has 1 saturated heterocycles. The van der Waals surface area contributed by atoms with E-state index in [-0.39, 0.29) is 0 Å². The van der Waals surface area contributed by atoms with Crippen molar-refractivity contribution in [1.29, 1.82) is 0 Å². The third-order valence-corrected chi connectivity index (χ3v) is 4.50. The van der Waals surface area contributed by atoms with Gasteiger partial charge in [0.15, 0.2) is 0 Å². The maximum atomic E-state index is 5.47. The van der Waals surface area contributed by atoms with Crippen LogP contribution < -0.4 is 5.32 Å². The van der Waals surface area contributed by atoms with Crippen molar-refractivity contribution in [1.82, 2.24) is 5.32 Å². The standard InChI is InChI=1S/C18H29NO/c1-4-19-18(12-16-7-9-20-10-8-16)13-17-6-5-14(2)15(3)11-17/h5-6,11,16,18-19H,4,7-10,12-13H2,1-3H3. The fraction of sp³-hybridized carbons (Fsp3) is 0.667. The molecule has 1 aromatic rings. The van der Waals surface area contributed by atoms with Crippen LogP contribution in [0.3, 0.4) is 0 Å². The number of aryl methyl sites for hydroxylation is 2. The van der Waals surface area contributed by atoms with Gasteiger partial charge in [0.1, 0.15) is 0 Å². The van der Waals surface area contributed by atoms with Gasteiger partial charge in [-0.25, -0.2) is 0 Å². The summed E-state index contributed by atoms with van der Waals surface area (Å²) in [5.74, 6) is 0.833. The van der Waals surface area contributed by atoms with Crippen LogP contribution in [0, 0.1) is 19.8 Å². The van der Waals surface area contributed by atoms with Gasteiger partial charge in [0.05, 0.1) is 0 Å². The maximum absolute atomic E-state index is 5.47. The van der Waals surface area contributed by atoms with Crippen LogP contribution in [-0.4, -0.2) is 25.8 Å². The third kappa shape index (κ3) is 4.60. The predicted octanol–water partition coefficient (Wildman–Crippen LogP) is 3.64. The summed E-state index contributed by atoms with van der Waals surface area (Å²) in [6, 6.07) is 7.49. The molecular weight excluding hydrogens is 246 g/mol. The highest BCUT2D eigenvalue weighted by Crippen LogP contribution is 2.22. The Morgan fingerprint density at radius 2 is 1.95 bits per heavy atom. The van der Waals surface area contributed by atoms with Gasteiger partial charge in [0.2, 0.25) is 0 Å². The molecule has 0 aromatic heterocycles. The van der Waals surface area contributed by atoms with Crippen LogP contribution in [0.15, 0.2) is 18.2 Å². The molecule has 1 heterocycles. The van der Waals surface area contributed by atoms with Crippen LogP contribution in [-0.2, 0) is 11.2 Å². The van der Waals surface area contributed by atoms with E-state index >= 15 is 0 Å². The molecule has 2 rings (SSSR count). The third-order valence-electron chi connectivity index (χ3n) is 4.50. The van der Waals surface area contributed by atoms with E-state index in [4.69, 9.17) is 4.74 Å². The average molecular weight is 275 g/mol. The van der Waals surface area contributed by atoms with Gasteiger partial charge in [0.25, 0.3) is 0 Å². The molecule has 1 atom stereocenters. The number of ether oxygens (including phenoxy) is 1. The van der Waals surface area contributed by atoms with Gasteiger partial charge in [-0.3, -0.25) is 0 Å². The quantitative estimate of drug-likeness (QED) is 0.856. The van der Waals surface area contributed by atoms with E-state index in [1.165, 1.54) is 36.0 Å². The normalized spacial score (nSPS) is 18.1. The molecule has 1 aliphatic rings. The fourth-order valence-electron chi connectivity index (χ4n) is 3.13. The molecular formula is C18H29NO. The first-order valence-electron chi connectivity index (χ1n) is 8.06. The number of hydrogen-bond donors (Lipinski definition) is 1. The van der Waals surface area contributed by atoms with Gasteiger partial charge < -0.3 is 10.1 Å². The summed E-state index contributed by atoms with van der Waals surface area (Å²) in [4.78, 5) is 0. The minimum Gasteiger partial charge on any atom is -0.381 e. The zero-order valence-corrected chi connectivity index (χ0v) is 13.2. The lowest BCUT2D eigenvalue weighted by atomic mass is 9.89. The van der Waals surface area contributed by atoms with E-state index in [9.17, 15) is 0 Å². The van der Waals surface area contributed by atoms with E-state index < -0.39 is 0 Å². The van der Waals surface area contributed by atoms with E-state index in [0.717, 1.165) is 32.1 Å². The monoisotopic (exact) mass is 275 g/mol.